The summed E-state index contributed by atoms with van der Waals surface area (Å²) in [7, 11) is 0. The number of carbonyl (C=O) groups is 2. The summed E-state index contributed by atoms with van der Waals surface area (Å²) < 4.78 is 2.25. The Bertz CT molecular complexity index is 522. The van der Waals surface area contributed by atoms with Gasteiger partial charge in [-0.15, -0.1) is 0 Å². The lowest BCUT2D eigenvalue weighted by atomic mass is 10.3. The zero-order valence-corrected chi connectivity index (χ0v) is 12.9. The molecule has 1 fully saturated rings. The maximum atomic E-state index is 11.3. The number of amides is 2. The highest BCUT2D eigenvalue weighted by molar-refractivity contribution is 7.97. The molecule has 0 saturated carbocycles. The third kappa shape index (κ3) is 4.61. The molecular weight excluding hydrogens is 286 g/mol. The number of carbonyl (C=O) groups excluding carboxylic acids is 2. The normalized spacial score (nSPS) is 15.6. The van der Waals surface area contributed by atoms with Crippen LogP contribution in [0.5, 0.6) is 0 Å². The fraction of sp³-hybridized carbons (Fsp3) is 0.333. The molecule has 1 N–H and O–H groups in total. The molecule has 0 radical (unpaired) electrons. The van der Waals surface area contributed by atoms with Crippen molar-refractivity contribution in [2.75, 3.05) is 31.5 Å². The van der Waals surface area contributed by atoms with Crippen molar-refractivity contribution in [3.8, 4) is 0 Å². The molecule has 112 valence electrons. The van der Waals surface area contributed by atoms with E-state index < -0.39 is 0 Å². The summed E-state index contributed by atoms with van der Waals surface area (Å²) in [4.78, 5) is 25.4. The Labute approximate surface area is 129 Å². The van der Waals surface area contributed by atoms with E-state index in [0.29, 0.717) is 0 Å². The van der Waals surface area contributed by atoms with Gasteiger partial charge in [-0.1, -0.05) is 6.58 Å². The van der Waals surface area contributed by atoms with Crippen LogP contribution in [-0.2, 0) is 9.59 Å². The van der Waals surface area contributed by atoms with Gasteiger partial charge in [-0.3, -0.25) is 9.59 Å². The average Bonchev–Trinajstić information content (AvgIpc) is 2.49. The van der Waals surface area contributed by atoms with E-state index >= 15 is 0 Å². The number of nitrogens with one attached hydrogen (secondary N) is 1. The van der Waals surface area contributed by atoms with Gasteiger partial charge in [0, 0.05) is 43.7 Å². The fourth-order valence-corrected chi connectivity index (χ4v) is 2.94. The quantitative estimate of drug-likeness (QED) is 0.683. The minimum absolute atomic E-state index is 0.141. The van der Waals surface area contributed by atoms with Crippen molar-refractivity contribution in [2.24, 2.45) is 0 Å². The van der Waals surface area contributed by atoms with Crippen LogP contribution in [0, 0.1) is 0 Å². The Morgan fingerprint density at radius 3 is 2.33 bits per heavy atom. The van der Waals surface area contributed by atoms with E-state index in [2.05, 4.69) is 16.2 Å². The number of hydrogen-bond acceptors (Lipinski definition) is 4. The average molecular weight is 305 g/mol. The summed E-state index contributed by atoms with van der Waals surface area (Å²) in [6.07, 6.45) is 1.25. The standard InChI is InChI=1S/C15H19N3O2S/c1-3-15(20)16-13-4-6-14(7-5-13)21-18-10-8-17(9-11-18)12(2)19/h3-7H,1,8-11H2,2H3,(H,16,20). The van der Waals surface area contributed by atoms with Gasteiger partial charge in [0.15, 0.2) is 0 Å². The largest absolute Gasteiger partial charge is 0.340 e. The fourth-order valence-electron chi connectivity index (χ4n) is 2.04. The molecule has 1 aromatic carbocycles. The molecular formula is C15H19N3O2S. The van der Waals surface area contributed by atoms with Crippen molar-refractivity contribution in [2.45, 2.75) is 11.8 Å². The molecule has 21 heavy (non-hydrogen) atoms. The molecule has 1 aliphatic heterocycles. The van der Waals surface area contributed by atoms with E-state index in [1.165, 1.54) is 6.08 Å². The monoisotopic (exact) mass is 305 g/mol. The van der Waals surface area contributed by atoms with Crippen molar-refractivity contribution in [3.05, 3.63) is 36.9 Å². The summed E-state index contributed by atoms with van der Waals surface area (Å²) in [6, 6.07) is 7.69. The van der Waals surface area contributed by atoms with Gasteiger partial charge in [-0.25, -0.2) is 4.31 Å². The van der Waals surface area contributed by atoms with E-state index in [0.717, 1.165) is 36.8 Å². The lowest BCUT2D eigenvalue weighted by molar-refractivity contribution is -0.129. The minimum atomic E-state index is -0.212. The van der Waals surface area contributed by atoms with Crippen LogP contribution in [0.1, 0.15) is 6.92 Å². The maximum Gasteiger partial charge on any atom is 0.247 e. The van der Waals surface area contributed by atoms with Gasteiger partial charge < -0.3 is 10.2 Å². The Kier molecular flexibility index (Phi) is 5.41. The SMILES string of the molecule is C=CC(=O)Nc1ccc(SN2CCN(C(C)=O)CC2)cc1. The second-order valence-electron chi connectivity index (χ2n) is 4.74. The van der Waals surface area contributed by atoms with E-state index in [9.17, 15) is 9.59 Å². The number of anilines is 1. The molecule has 0 spiro atoms. The van der Waals surface area contributed by atoms with Gasteiger partial charge in [-0.05, 0) is 42.3 Å². The number of rotatable bonds is 4. The van der Waals surface area contributed by atoms with Crippen molar-refractivity contribution < 1.29 is 9.59 Å². The van der Waals surface area contributed by atoms with Crippen molar-refractivity contribution in [1.29, 1.82) is 0 Å². The molecule has 1 heterocycles. The lowest BCUT2D eigenvalue weighted by Crippen LogP contribution is -2.45. The molecule has 0 aromatic heterocycles. The van der Waals surface area contributed by atoms with Crippen molar-refractivity contribution in [1.82, 2.24) is 9.21 Å². The first-order valence-electron chi connectivity index (χ1n) is 6.80. The first-order chi connectivity index (χ1) is 10.1. The van der Waals surface area contributed by atoms with Gasteiger partial charge in [0.1, 0.15) is 0 Å². The van der Waals surface area contributed by atoms with Crippen LogP contribution in [-0.4, -0.2) is 47.2 Å². The predicted molar refractivity (Wildman–Crippen MR) is 85.0 cm³/mol. The second kappa shape index (κ2) is 7.28. The highest BCUT2D eigenvalue weighted by Gasteiger charge is 2.19. The highest BCUT2D eigenvalue weighted by Crippen LogP contribution is 2.25. The van der Waals surface area contributed by atoms with Crippen LogP contribution in [0.3, 0.4) is 0 Å². The smallest absolute Gasteiger partial charge is 0.247 e. The van der Waals surface area contributed by atoms with Crippen LogP contribution < -0.4 is 5.32 Å². The number of hydrogen-bond donors (Lipinski definition) is 1. The number of piperazine rings is 1. The van der Waals surface area contributed by atoms with E-state index in [4.69, 9.17) is 0 Å². The maximum absolute atomic E-state index is 11.3. The lowest BCUT2D eigenvalue weighted by Gasteiger charge is -2.33. The summed E-state index contributed by atoms with van der Waals surface area (Å²) in [5.41, 5.74) is 0.755. The Balaban J connectivity index is 1.85. The first kappa shape index (κ1) is 15.6. The van der Waals surface area contributed by atoms with Gasteiger partial charge in [-0.2, -0.15) is 0 Å². The topological polar surface area (TPSA) is 52.7 Å². The van der Waals surface area contributed by atoms with Crippen LogP contribution in [0.2, 0.25) is 0 Å². The van der Waals surface area contributed by atoms with Crippen molar-refractivity contribution in [3.63, 3.8) is 0 Å². The van der Waals surface area contributed by atoms with Gasteiger partial charge >= 0.3 is 0 Å². The predicted octanol–water partition coefficient (Wildman–Crippen LogP) is 1.98. The molecule has 1 aliphatic rings. The summed E-state index contributed by atoms with van der Waals surface area (Å²) >= 11 is 1.67. The van der Waals surface area contributed by atoms with Crippen LogP contribution in [0.25, 0.3) is 0 Å². The number of nitrogens with zero attached hydrogens (tertiary/aromatic N) is 2. The van der Waals surface area contributed by atoms with E-state index in [1.54, 1.807) is 18.9 Å². The molecule has 1 aromatic rings. The minimum Gasteiger partial charge on any atom is -0.340 e. The molecule has 2 rings (SSSR count). The van der Waals surface area contributed by atoms with Crippen LogP contribution >= 0.6 is 11.9 Å². The van der Waals surface area contributed by atoms with Crippen LogP contribution in [0.4, 0.5) is 5.69 Å². The van der Waals surface area contributed by atoms with Crippen LogP contribution in [0.15, 0.2) is 41.8 Å². The van der Waals surface area contributed by atoms with Gasteiger partial charge in [0.05, 0.1) is 0 Å². The Hall–Kier alpha value is -1.79. The molecule has 0 atom stereocenters. The Morgan fingerprint density at radius 2 is 1.81 bits per heavy atom. The van der Waals surface area contributed by atoms with Gasteiger partial charge in [0.2, 0.25) is 11.8 Å². The molecule has 0 bridgehead atoms. The first-order valence-corrected chi connectivity index (χ1v) is 7.58. The molecule has 0 aliphatic carbocycles. The molecule has 0 unspecified atom stereocenters. The summed E-state index contributed by atoms with van der Waals surface area (Å²) in [5.74, 6) is -0.0716. The van der Waals surface area contributed by atoms with Crippen molar-refractivity contribution >= 4 is 29.4 Å². The number of benzene rings is 1. The van der Waals surface area contributed by atoms with E-state index in [1.807, 2.05) is 29.2 Å². The second-order valence-corrected chi connectivity index (χ2v) is 5.91. The van der Waals surface area contributed by atoms with Gasteiger partial charge in [0.25, 0.3) is 0 Å². The zero-order chi connectivity index (χ0) is 15.2. The highest BCUT2D eigenvalue weighted by atomic mass is 32.2. The Morgan fingerprint density at radius 1 is 1.19 bits per heavy atom. The molecule has 1 saturated heterocycles. The molecule has 2 amide bonds. The van der Waals surface area contributed by atoms with E-state index in [-0.39, 0.29) is 11.8 Å². The zero-order valence-electron chi connectivity index (χ0n) is 12.0. The molecule has 6 heteroatoms. The molecule has 5 nitrogen and oxygen atoms in total. The summed E-state index contributed by atoms with van der Waals surface area (Å²) in [5, 5.41) is 2.72. The summed E-state index contributed by atoms with van der Waals surface area (Å²) in [6.45, 7) is 8.30. The third-order valence-electron chi connectivity index (χ3n) is 3.23. The third-order valence-corrected chi connectivity index (χ3v) is 4.33.